The molecule has 0 aromatic rings. The van der Waals surface area contributed by atoms with Crippen molar-refractivity contribution in [3.05, 3.63) is 22.8 Å². The smallest absolute Gasteiger partial charge is 0.306 e. The molecule has 0 bridgehead atoms. The van der Waals surface area contributed by atoms with Gasteiger partial charge in [-0.25, -0.2) is 0 Å². The van der Waals surface area contributed by atoms with E-state index in [2.05, 4.69) is 40.7 Å². The van der Waals surface area contributed by atoms with Gasteiger partial charge in [0, 0.05) is 24.2 Å². The number of Topliss-reactive ketones (excluding diaryl/α,β-unsaturated/α-hetero) is 1. The summed E-state index contributed by atoms with van der Waals surface area (Å²) < 4.78 is 6.10. The standard InChI is InChI=1S/C32H48O5/c1-19(2)10-9-11-21(28(35)36)24-18-27(37-20(3)33)32(8)23-12-13-25-29(4,5)26(34)15-16-30(25,6)22(23)14-17-31(24,32)7/h10,21,24-25,27H,9,11-18H2,1-8H3,(H,35,36)/t21-,24-,25-,27+,30-,31-,32-/m1/s1. The average molecular weight is 513 g/mol. The predicted molar refractivity (Wildman–Crippen MR) is 145 cm³/mol. The van der Waals surface area contributed by atoms with E-state index < -0.39 is 17.3 Å². The summed E-state index contributed by atoms with van der Waals surface area (Å²) in [5.41, 5.74) is 3.05. The molecule has 4 aliphatic rings. The topological polar surface area (TPSA) is 80.7 Å². The van der Waals surface area contributed by atoms with Crippen molar-refractivity contribution in [2.45, 2.75) is 119 Å². The van der Waals surface area contributed by atoms with E-state index in [-0.39, 0.29) is 34.2 Å². The number of fused-ring (bicyclic) bond motifs is 4. The van der Waals surface area contributed by atoms with E-state index in [1.165, 1.54) is 23.6 Å². The van der Waals surface area contributed by atoms with Crippen molar-refractivity contribution in [2.75, 3.05) is 0 Å². The molecular formula is C32H48O5. The zero-order valence-electron chi connectivity index (χ0n) is 24.3. The van der Waals surface area contributed by atoms with Gasteiger partial charge < -0.3 is 9.84 Å². The molecular weight excluding hydrogens is 464 g/mol. The SMILES string of the molecule is CC(=O)O[C@H]1C[C@H]([C@@H](CCC=C(C)C)C(=O)O)[C@@]2(C)CCC3=C(CC[C@@H]4C(C)(C)C(=O)CC[C@]34C)[C@]12C. The van der Waals surface area contributed by atoms with Gasteiger partial charge in [0.15, 0.2) is 0 Å². The Labute approximate surface area is 223 Å². The van der Waals surface area contributed by atoms with Crippen LogP contribution in [0.15, 0.2) is 22.8 Å². The minimum atomic E-state index is -0.734. The number of ether oxygens (including phenoxy) is 1. The number of carbonyl (C=O) groups excluding carboxylic acids is 2. The molecule has 7 atom stereocenters. The molecule has 206 valence electrons. The Hall–Kier alpha value is -1.91. The molecule has 0 unspecified atom stereocenters. The van der Waals surface area contributed by atoms with Gasteiger partial charge >= 0.3 is 11.9 Å². The van der Waals surface area contributed by atoms with Crippen LogP contribution in [0.2, 0.25) is 0 Å². The number of hydrogen-bond acceptors (Lipinski definition) is 4. The third kappa shape index (κ3) is 4.14. The fourth-order valence-electron chi connectivity index (χ4n) is 9.57. The first-order valence-electron chi connectivity index (χ1n) is 14.4. The monoisotopic (exact) mass is 512 g/mol. The van der Waals surface area contributed by atoms with Crippen LogP contribution in [0, 0.1) is 39.4 Å². The maximum atomic E-state index is 12.9. The Morgan fingerprint density at radius 1 is 1.03 bits per heavy atom. The zero-order valence-corrected chi connectivity index (χ0v) is 24.3. The van der Waals surface area contributed by atoms with Gasteiger partial charge in [0.2, 0.25) is 0 Å². The van der Waals surface area contributed by atoms with Crippen molar-refractivity contribution >= 4 is 17.7 Å². The van der Waals surface area contributed by atoms with Crippen molar-refractivity contribution in [1.82, 2.24) is 0 Å². The van der Waals surface area contributed by atoms with Gasteiger partial charge in [-0.2, -0.15) is 0 Å². The van der Waals surface area contributed by atoms with Crippen LogP contribution in [0.4, 0.5) is 0 Å². The molecule has 4 rings (SSSR count). The van der Waals surface area contributed by atoms with Crippen LogP contribution in [0.1, 0.15) is 113 Å². The Morgan fingerprint density at radius 3 is 2.30 bits per heavy atom. The highest BCUT2D eigenvalue weighted by atomic mass is 16.5. The maximum absolute atomic E-state index is 12.9. The van der Waals surface area contributed by atoms with Crippen molar-refractivity contribution in [3.63, 3.8) is 0 Å². The van der Waals surface area contributed by atoms with E-state index in [9.17, 15) is 19.5 Å². The maximum Gasteiger partial charge on any atom is 0.306 e. The van der Waals surface area contributed by atoms with Gasteiger partial charge in [0.25, 0.3) is 0 Å². The molecule has 1 N–H and O–H groups in total. The first kappa shape index (κ1) is 28.1. The van der Waals surface area contributed by atoms with E-state index in [4.69, 9.17) is 4.74 Å². The summed E-state index contributed by atoms with van der Waals surface area (Å²) in [6.07, 6.45) is 8.96. The number of carboxylic acids is 1. The average Bonchev–Trinajstić information content (AvgIpc) is 3.01. The van der Waals surface area contributed by atoms with Crippen molar-refractivity contribution in [3.8, 4) is 0 Å². The van der Waals surface area contributed by atoms with Gasteiger partial charge in [-0.05, 0) is 87.9 Å². The molecule has 0 spiro atoms. The van der Waals surface area contributed by atoms with Crippen LogP contribution in [-0.4, -0.2) is 28.9 Å². The van der Waals surface area contributed by atoms with Gasteiger partial charge in [-0.15, -0.1) is 0 Å². The number of aliphatic carboxylic acids is 1. The normalized spacial score (nSPS) is 39.2. The van der Waals surface area contributed by atoms with Gasteiger partial charge in [-0.1, -0.05) is 57.4 Å². The molecule has 2 fully saturated rings. The molecule has 4 aliphatic carbocycles. The van der Waals surface area contributed by atoms with Crippen LogP contribution < -0.4 is 0 Å². The van der Waals surface area contributed by atoms with Crippen LogP contribution in [0.5, 0.6) is 0 Å². The molecule has 0 amide bonds. The predicted octanol–water partition coefficient (Wildman–Crippen LogP) is 7.29. The van der Waals surface area contributed by atoms with Crippen LogP contribution in [-0.2, 0) is 19.1 Å². The number of esters is 1. The molecule has 37 heavy (non-hydrogen) atoms. The Morgan fingerprint density at radius 2 is 1.70 bits per heavy atom. The van der Waals surface area contributed by atoms with Crippen molar-refractivity contribution in [1.29, 1.82) is 0 Å². The fraction of sp³-hybridized carbons (Fsp3) is 0.781. The lowest BCUT2D eigenvalue weighted by molar-refractivity contribution is -0.154. The molecule has 0 heterocycles. The molecule has 5 nitrogen and oxygen atoms in total. The first-order chi connectivity index (χ1) is 17.1. The number of allylic oxidation sites excluding steroid dienone is 3. The van der Waals surface area contributed by atoms with Crippen LogP contribution in [0.25, 0.3) is 0 Å². The summed E-state index contributed by atoms with van der Waals surface area (Å²) >= 11 is 0. The minimum absolute atomic E-state index is 0.0379. The summed E-state index contributed by atoms with van der Waals surface area (Å²) in [5.74, 6) is -0.863. The largest absolute Gasteiger partial charge is 0.481 e. The van der Waals surface area contributed by atoms with Crippen LogP contribution >= 0.6 is 0 Å². The van der Waals surface area contributed by atoms with E-state index in [1.807, 2.05) is 13.8 Å². The van der Waals surface area contributed by atoms with Crippen LogP contribution in [0.3, 0.4) is 0 Å². The lowest BCUT2D eigenvalue weighted by atomic mass is 9.43. The highest BCUT2D eigenvalue weighted by Gasteiger charge is 2.68. The van der Waals surface area contributed by atoms with E-state index in [1.54, 1.807) is 0 Å². The number of carboxylic acid groups (broad SMARTS) is 1. The molecule has 0 aliphatic heterocycles. The molecule has 0 aromatic heterocycles. The second-order valence-electron chi connectivity index (χ2n) is 14.0. The fourth-order valence-corrected chi connectivity index (χ4v) is 9.57. The zero-order chi connectivity index (χ0) is 27.6. The quantitative estimate of drug-likeness (QED) is 0.298. The van der Waals surface area contributed by atoms with Gasteiger partial charge in [0.1, 0.15) is 11.9 Å². The Balaban J connectivity index is 1.81. The number of rotatable bonds is 6. The third-order valence-corrected chi connectivity index (χ3v) is 11.7. The molecule has 0 aromatic carbocycles. The third-order valence-electron chi connectivity index (χ3n) is 11.7. The van der Waals surface area contributed by atoms with E-state index in [0.29, 0.717) is 31.0 Å². The second kappa shape index (κ2) is 9.38. The first-order valence-corrected chi connectivity index (χ1v) is 14.4. The number of hydrogen-bond donors (Lipinski definition) is 1. The van der Waals surface area contributed by atoms with Gasteiger partial charge in [0.05, 0.1) is 5.92 Å². The molecule has 5 heteroatoms. The summed E-state index contributed by atoms with van der Waals surface area (Å²) in [5, 5.41) is 10.4. The van der Waals surface area contributed by atoms with Gasteiger partial charge in [-0.3, -0.25) is 14.4 Å². The lowest BCUT2D eigenvalue weighted by Crippen LogP contribution is -2.55. The highest BCUT2D eigenvalue weighted by molar-refractivity contribution is 5.85. The van der Waals surface area contributed by atoms with E-state index >= 15 is 0 Å². The lowest BCUT2D eigenvalue weighted by Gasteiger charge is -2.61. The van der Waals surface area contributed by atoms with Crippen molar-refractivity contribution < 1.29 is 24.2 Å². The Kier molecular flexibility index (Phi) is 7.12. The summed E-state index contributed by atoms with van der Waals surface area (Å²) in [4.78, 5) is 37.9. The second-order valence-corrected chi connectivity index (χ2v) is 14.0. The van der Waals surface area contributed by atoms with E-state index in [0.717, 1.165) is 38.5 Å². The molecule has 2 saturated carbocycles. The van der Waals surface area contributed by atoms with Crippen molar-refractivity contribution in [2.24, 2.45) is 39.4 Å². The molecule has 0 saturated heterocycles. The minimum Gasteiger partial charge on any atom is -0.481 e. The number of ketones is 1. The molecule has 0 radical (unpaired) electrons. The summed E-state index contributed by atoms with van der Waals surface area (Å²) in [6.45, 7) is 16.8. The Bertz CT molecular complexity index is 1050. The summed E-state index contributed by atoms with van der Waals surface area (Å²) in [6, 6.07) is 0. The number of carbonyl (C=O) groups is 3. The summed E-state index contributed by atoms with van der Waals surface area (Å²) in [7, 11) is 0. The highest BCUT2D eigenvalue weighted by Crippen LogP contribution is 2.72.